The number of carbonyl (C=O) groups is 1. The summed E-state index contributed by atoms with van der Waals surface area (Å²) >= 11 is 0. The van der Waals surface area contributed by atoms with Crippen molar-refractivity contribution in [3.63, 3.8) is 0 Å². The average Bonchev–Trinajstić information content (AvgIpc) is 2.28. The van der Waals surface area contributed by atoms with Crippen LogP contribution in [0.2, 0.25) is 0 Å². The van der Waals surface area contributed by atoms with E-state index in [2.05, 4.69) is 10.2 Å². The van der Waals surface area contributed by atoms with Crippen molar-refractivity contribution in [1.29, 1.82) is 0 Å². The van der Waals surface area contributed by atoms with Gasteiger partial charge in [0.25, 0.3) is 0 Å². The molecule has 2 N–H and O–H groups in total. The molecule has 0 bridgehead atoms. The van der Waals surface area contributed by atoms with E-state index in [0.29, 0.717) is 6.42 Å². The summed E-state index contributed by atoms with van der Waals surface area (Å²) in [6.45, 7) is 5.85. The van der Waals surface area contributed by atoms with Gasteiger partial charge in [0.2, 0.25) is 0 Å². The Morgan fingerprint density at radius 2 is 2.07 bits per heavy atom. The molecule has 0 aromatic carbocycles. The number of carboxylic acids is 1. The molecule has 0 saturated carbocycles. The van der Waals surface area contributed by atoms with Crippen LogP contribution in [-0.2, 0) is 4.79 Å². The first-order chi connectivity index (χ1) is 6.96. The maximum atomic E-state index is 11.4. The van der Waals surface area contributed by atoms with Gasteiger partial charge in [-0.05, 0) is 46.7 Å². The highest BCUT2D eigenvalue weighted by Crippen LogP contribution is 2.23. The van der Waals surface area contributed by atoms with Crippen molar-refractivity contribution in [2.45, 2.75) is 44.7 Å². The summed E-state index contributed by atoms with van der Waals surface area (Å²) in [4.78, 5) is 13.6. The number of nitrogens with one attached hydrogen (secondary N) is 1. The number of nitrogens with zero attached hydrogens (tertiary/aromatic N) is 1. The van der Waals surface area contributed by atoms with Gasteiger partial charge in [-0.1, -0.05) is 0 Å². The average molecular weight is 214 g/mol. The zero-order valence-corrected chi connectivity index (χ0v) is 9.92. The number of rotatable bonds is 3. The van der Waals surface area contributed by atoms with Crippen molar-refractivity contribution < 1.29 is 9.90 Å². The third kappa shape index (κ3) is 3.18. The van der Waals surface area contributed by atoms with Crippen molar-refractivity contribution in [1.82, 2.24) is 10.2 Å². The second-order valence-corrected chi connectivity index (χ2v) is 4.84. The minimum Gasteiger partial charge on any atom is -0.480 e. The summed E-state index contributed by atoms with van der Waals surface area (Å²) in [6, 6.07) is 0.213. The molecule has 1 unspecified atom stereocenters. The first kappa shape index (κ1) is 12.5. The molecular weight excluding hydrogens is 192 g/mol. The lowest BCUT2D eigenvalue weighted by Crippen LogP contribution is -2.55. The zero-order chi connectivity index (χ0) is 11.5. The summed E-state index contributed by atoms with van der Waals surface area (Å²) in [7, 11) is 2.05. The Kier molecular flexibility index (Phi) is 4.11. The lowest BCUT2D eigenvalue weighted by atomic mass is 9.90. The lowest BCUT2D eigenvalue weighted by molar-refractivity contribution is -0.145. The van der Waals surface area contributed by atoms with Crippen LogP contribution in [0.1, 0.15) is 33.1 Å². The molecule has 0 aromatic rings. The van der Waals surface area contributed by atoms with Gasteiger partial charge in [-0.2, -0.15) is 0 Å². The Morgan fingerprint density at radius 1 is 1.40 bits per heavy atom. The predicted octanol–water partition coefficient (Wildman–Crippen LogP) is 0.923. The predicted molar refractivity (Wildman–Crippen MR) is 60.0 cm³/mol. The summed E-state index contributed by atoms with van der Waals surface area (Å²) in [5, 5.41) is 12.6. The number of hydrogen-bond donors (Lipinski definition) is 2. The van der Waals surface area contributed by atoms with Gasteiger partial charge in [-0.25, -0.2) is 0 Å². The molecule has 1 aliphatic rings. The van der Waals surface area contributed by atoms with E-state index in [1.807, 2.05) is 20.9 Å². The summed E-state index contributed by atoms with van der Waals surface area (Å²) in [6.07, 6.45) is 2.37. The molecule has 0 aliphatic carbocycles. The van der Waals surface area contributed by atoms with Crippen molar-refractivity contribution in [2.75, 3.05) is 20.1 Å². The van der Waals surface area contributed by atoms with Crippen molar-refractivity contribution in [2.24, 2.45) is 0 Å². The number of hydrogen-bond acceptors (Lipinski definition) is 3. The maximum Gasteiger partial charge on any atom is 0.323 e. The summed E-state index contributed by atoms with van der Waals surface area (Å²) < 4.78 is 0. The molecule has 4 nitrogen and oxygen atoms in total. The summed E-state index contributed by atoms with van der Waals surface area (Å²) in [5.74, 6) is -0.702. The van der Waals surface area contributed by atoms with Gasteiger partial charge in [0.1, 0.15) is 5.54 Å². The van der Waals surface area contributed by atoms with E-state index in [4.69, 9.17) is 0 Å². The maximum absolute atomic E-state index is 11.4. The minimum atomic E-state index is -0.709. The fraction of sp³-hybridized carbons (Fsp3) is 0.909. The van der Waals surface area contributed by atoms with Crippen molar-refractivity contribution in [3.05, 3.63) is 0 Å². The van der Waals surface area contributed by atoms with Crippen LogP contribution in [0.3, 0.4) is 0 Å². The molecule has 0 radical (unpaired) electrons. The van der Waals surface area contributed by atoms with Crippen LogP contribution in [-0.4, -0.2) is 47.7 Å². The van der Waals surface area contributed by atoms with Gasteiger partial charge in [0.05, 0.1) is 0 Å². The Morgan fingerprint density at radius 3 is 2.60 bits per heavy atom. The summed E-state index contributed by atoms with van der Waals surface area (Å²) in [5.41, 5.74) is -0.709. The van der Waals surface area contributed by atoms with Gasteiger partial charge in [0, 0.05) is 12.6 Å². The molecule has 0 amide bonds. The molecule has 0 spiro atoms. The third-order valence-electron chi connectivity index (χ3n) is 3.04. The molecule has 0 aromatic heterocycles. The van der Waals surface area contributed by atoms with Crippen LogP contribution in [0, 0.1) is 0 Å². The van der Waals surface area contributed by atoms with E-state index >= 15 is 0 Å². The molecule has 88 valence electrons. The Balaban J connectivity index is 2.75. The highest BCUT2D eigenvalue weighted by molar-refractivity contribution is 5.78. The van der Waals surface area contributed by atoms with Gasteiger partial charge in [-0.3, -0.25) is 10.1 Å². The van der Waals surface area contributed by atoms with Crippen LogP contribution in [0.5, 0.6) is 0 Å². The van der Waals surface area contributed by atoms with E-state index in [-0.39, 0.29) is 6.04 Å². The smallest absolute Gasteiger partial charge is 0.323 e. The van der Waals surface area contributed by atoms with Crippen LogP contribution < -0.4 is 5.32 Å². The Bertz CT molecular complexity index is 231. The van der Waals surface area contributed by atoms with Crippen LogP contribution in [0.4, 0.5) is 0 Å². The SMILES string of the molecule is CC(C)NC1(C(=O)O)CCCN(C)CC1. The van der Waals surface area contributed by atoms with E-state index < -0.39 is 11.5 Å². The molecule has 1 rings (SSSR count). The Hall–Kier alpha value is -0.610. The van der Waals surface area contributed by atoms with Crippen molar-refractivity contribution >= 4 is 5.97 Å². The van der Waals surface area contributed by atoms with E-state index in [9.17, 15) is 9.90 Å². The Labute approximate surface area is 91.6 Å². The number of likely N-dealkylation sites (tertiary alicyclic amines) is 1. The molecule has 4 heteroatoms. The normalized spacial score (nSPS) is 29.1. The fourth-order valence-corrected chi connectivity index (χ4v) is 2.24. The van der Waals surface area contributed by atoms with Crippen molar-refractivity contribution in [3.8, 4) is 0 Å². The molecule has 1 atom stereocenters. The molecular formula is C11H22N2O2. The fourth-order valence-electron chi connectivity index (χ4n) is 2.24. The lowest BCUT2D eigenvalue weighted by Gasteiger charge is -2.31. The minimum absolute atomic E-state index is 0.213. The van der Waals surface area contributed by atoms with Gasteiger partial charge in [-0.15, -0.1) is 0 Å². The first-order valence-electron chi connectivity index (χ1n) is 5.66. The largest absolute Gasteiger partial charge is 0.480 e. The van der Waals surface area contributed by atoms with Gasteiger partial charge in [0.15, 0.2) is 0 Å². The van der Waals surface area contributed by atoms with Crippen LogP contribution in [0.25, 0.3) is 0 Å². The quantitative estimate of drug-likeness (QED) is 0.733. The monoisotopic (exact) mass is 214 g/mol. The second-order valence-electron chi connectivity index (χ2n) is 4.84. The topological polar surface area (TPSA) is 52.6 Å². The van der Waals surface area contributed by atoms with E-state index in [1.54, 1.807) is 0 Å². The van der Waals surface area contributed by atoms with E-state index in [1.165, 1.54) is 0 Å². The third-order valence-corrected chi connectivity index (χ3v) is 3.04. The number of carboxylic acid groups (broad SMARTS) is 1. The molecule has 1 saturated heterocycles. The zero-order valence-electron chi connectivity index (χ0n) is 9.92. The molecule has 15 heavy (non-hydrogen) atoms. The second kappa shape index (κ2) is 4.94. The molecule has 1 fully saturated rings. The highest BCUT2D eigenvalue weighted by atomic mass is 16.4. The molecule has 1 aliphatic heterocycles. The first-order valence-corrected chi connectivity index (χ1v) is 5.66. The van der Waals surface area contributed by atoms with Crippen LogP contribution >= 0.6 is 0 Å². The van der Waals surface area contributed by atoms with Gasteiger partial charge >= 0.3 is 5.97 Å². The highest BCUT2D eigenvalue weighted by Gasteiger charge is 2.39. The molecule has 1 heterocycles. The van der Waals surface area contributed by atoms with Crippen LogP contribution in [0.15, 0.2) is 0 Å². The van der Waals surface area contributed by atoms with E-state index in [0.717, 1.165) is 25.9 Å². The standard InChI is InChI=1S/C11H22N2O2/c1-9(2)12-11(10(14)15)5-4-7-13(3)8-6-11/h9,12H,4-8H2,1-3H3,(H,14,15). The number of aliphatic carboxylic acids is 1. The van der Waals surface area contributed by atoms with Gasteiger partial charge < -0.3 is 10.0 Å².